The second-order valence-corrected chi connectivity index (χ2v) is 12.2. The first-order chi connectivity index (χ1) is 23.3. The van der Waals surface area contributed by atoms with E-state index in [1.165, 1.54) is 38.1 Å². The Bertz CT molecular complexity index is 2690. The number of furan rings is 1. The molecule has 0 unspecified atom stereocenters. The summed E-state index contributed by atoms with van der Waals surface area (Å²) in [5.74, 6) is 2.75. The smallest absolute Gasteiger partial charge is 0.167 e. The Morgan fingerprint density at radius 1 is 0.511 bits per heavy atom. The number of hydrogen-bond acceptors (Lipinski definition) is 5. The Kier molecular flexibility index (Phi) is 5.63. The van der Waals surface area contributed by atoms with Crippen LogP contribution in [0.4, 0.5) is 0 Å². The summed E-state index contributed by atoms with van der Waals surface area (Å²) in [5, 5.41) is 7.32. The van der Waals surface area contributed by atoms with Crippen molar-refractivity contribution >= 4 is 43.4 Å². The number of pyridine rings is 1. The maximum absolute atomic E-state index is 6.59. The van der Waals surface area contributed by atoms with Crippen LogP contribution < -0.4 is 0 Å². The highest BCUT2D eigenvalue weighted by Gasteiger charge is 2.26. The standard InChI is InChI=1S/C42H26N4O/c1-2-10-28(11-3-1)40-44-41(30-18-20-33-29(24-30)17-16-27-15-14-25-8-4-6-12-31(25)36(27)33)46-42(45-40)34-22-23-43-38-37-32-13-7-5-9-26(32)19-21-35(37)47-39(34)38/h1-18,20,22-24H,19,21H2. The van der Waals surface area contributed by atoms with E-state index in [1.807, 2.05) is 42.6 Å². The molecule has 0 radical (unpaired) electrons. The normalized spacial score (nSPS) is 12.5. The van der Waals surface area contributed by atoms with Gasteiger partial charge in [-0.05, 0) is 62.0 Å². The number of fused-ring (bicyclic) bond motifs is 10. The van der Waals surface area contributed by atoms with Crippen molar-refractivity contribution in [1.82, 2.24) is 19.9 Å². The zero-order valence-corrected chi connectivity index (χ0v) is 25.3. The molecular formula is C42H26N4O. The van der Waals surface area contributed by atoms with Crippen molar-refractivity contribution in [2.24, 2.45) is 0 Å². The van der Waals surface area contributed by atoms with Crippen LogP contribution in [0, 0.1) is 0 Å². The lowest BCUT2D eigenvalue weighted by molar-refractivity contribution is 0.546. The van der Waals surface area contributed by atoms with Gasteiger partial charge in [0.2, 0.25) is 0 Å². The van der Waals surface area contributed by atoms with E-state index >= 15 is 0 Å². The highest BCUT2D eigenvalue weighted by atomic mass is 16.3. The fraction of sp³-hybridized carbons (Fsp3) is 0.0476. The summed E-state index contributed by atoms with van der Waals surface area (Å²) in [6, 6.07) is 44.4. The third kappa shape index (κ3) is 4.10. The predicted molar refractivity (Wildman–Crippen MR) is 189 cm³/mol. The van der Waals surface area contributed by atoms with Crippen LogP contribution in [0.3, 0.4) is 0 Å². The topological polar surface area (TPSA) is 64.7 Å². The van der Waals surface area contributed by atoms with Gasteiger partial charge in [0.05, 0.1) is 5.56 Å². The Balaban J connectivity index is 1.19. The van der Waals surface area contributed by atoms with Crippen LogP contribution >= 0.6 is 0 Å². The van der Waals surface area contributed by atoms with Gasteiger partial charge in [-0.1, -0.05) is 115 Å². The van der Waals surface area contributed by atoms with E-state index in [0.29, 0.717) is 23.1 Å². The molecule has 0 fully saturated rings. The largest absolute Gasteiger partial charge is 0.458 e. The molecule has 0 amide bonds. The molecule has 0 saturated carbocycles. The molecular weight excluding hydrogens is 576 g/mol. The minimum absolute atomic E-state index is 0.560. The summed E-state index contributed by atoms with van der Waals surface area (Å²) < 4.78 is 6.59. The molecule has 0 atom stereocenters. The van der Waals surface area contributed by atoms with Crippen LogP contribution in [-0.4, -0.2) is 19.9 Å². The predicted octanol–water partition coefficient (Wildman–Crippen LogP) is 10.2. The van der Waals surface area contributed by atoms with Crippen molar-refractivity contribution in [3.8, 4) is 45.3 Å². The number of benzene rings is 6. The van der Waals surface area contributed by atoms with E-state index in [2.05, 4.69) is 91.0 Å². The van der Waals surface area contributed by atoms with Gasteiger partial charge in [-0.15, -0.1) is 0 Å². The van der Waals surface area contributed by atoms with Crippen molar-refractivity contribution in [1.29, 1.82) is 0 Å². The van der Waals surface area contributed by atoms with Crippen LogP contribution in [0.5, 0.6) is 0 Å². The van der Waals surface area contributed by atoms with Gasteiger partial charge in [-0.2, -0.15) is 0 Å². The Hall–Kier alpha value is -6.20. The molecule has 3 heterocycles. The molecule has 1 aliphatic rings. The van der Waals surface area contributed by atoms with Crippen LogP contribution in [0.15, 0.2) is 138 Å². The Morgan fingerprint density at radius 2 is 1.23 bits per heavy atom. The quantitative estimate of drug-likeness (QED) is 0.188. The molecule has 6 aromatic carbocycles. The van der Waals surface area contributed by atoms with Crippen molar-refractivity contribution in [3.63, 3.8) is 0 Å². The first-order valence-corrected chi connectivity index (χ1v) is 15.9. The fourth-order valence-corrected chi connectivity index (χ4v) is 7.21. The second-order valence-electron chi connectivity index (χ2n) is 12.2. The van der Waals surface area contributed by atoms with Crippen molar-refractivity contribution < 1.29 is 4.42 Å². The van der Waals surface area contributed by atoms with Gasteiger partial charge in [-0.3, -0.25) is 4.98 Å². The summed E-state index contributed by atoms with van der Waals surface area (Å²) in [7, 11) is 0. The highest BCUT2D eigenvalue weighted by Crippen LogP contribution is 2.42. The maximum atomic E-state index is 6.59. The molecule has 10 rings (SSSR count). The average molecular weight is 603 g/mol. The van der Waals surface area contributed by atoms with E-state index in [1.54, 1.807) is 0 Å². The minimum Gasteiger partial charge on any atom is -0.458 e. The molecule has 0 saturated heterocycles. The van der Waals surface area contributed by atoms with Crippen molar-refractivity contribution in [2.45, 2.75) is 12.8 Å². The molecule has 1 aliphatic carbocycles. The van der Waals surface area contributed by atoms with Crippen LogP contribution in [0.2, 0.25) is 0 Å². The molecule has 0 spiro atoms. The monoisotopic (exact) mass is 602 g/mol. The van der Waals surface area contributed by atoms with E-state index in [-0.39, 0.29) is 0 Å². The van der Waals surface area contributed by atoms with Gasteiger partial charge in [0.15, 0.2) is 23.1 Å². The Labute approximate surface area is 270 Å². The third-order valence-corrected chi connectivity index (χ3v) is 9.44. The first kappa shape index (κ1) is 26.1. The Morgan fingerprint density at radius 3 is 2.15 bits per heavy atom. The van der Waals surface area contributed by atoms with E-state index in [4.69, 9.17) is 24.4 Å². The number of rotatable bonds is 3. The van der Waals surface area contributed by atoms with Gasteiger partial charge in [0, 0.05) is 29.3 Å². The van der Waals surface area contributed by atoms with Crippen LogP contribution in [0.25, 0.3) is 88.7 Å². The lowest BCUT2D eigenvalue weighted by Crippen LogP contribution is -2.01. The molecule has 0 N–H and O–H groups in total. The average Bonchev–Trinajstić information content (AvgIpc) is 3.54. The summed E-state index contributed by atoms with van der Waals surface area (Å²) in [6.07, 6.45) is 3.61. The second kappa shape index (κ2) is 10.2. The minimum atomic E-state index is 0.560. The van der Waals surface area contributed by atoms with Gasteiger partial charge in [0.1, 0.15) is 11.3 Å². The van der Waals surface area contributed by atoms with E-state index in [0.717, 1.165) is 51.8 Å². The molecule has 9 aromatic rings. The van der Waals surface area contributed by atoms with E-state index < -0.39 is 0 Å². The van der Waals surface area contributed by atoms with Crippen LogP contribution in [-0.2, 0) is 12.8 Å². The molecule has 0 aliphatic heterocycles. The number of nitrogens with zero attached hydrogens (tertiary/aromatic N) is 4. The summed E-state index contributed by atoms with van der Waals surface area (Å²) >= 11 is 0. The lowest BCUT2D eigenvalue weighted by atomic mass is 9.89. The highest BCUT2D eigenvalue weighted by molar-refractivity contribution is 6.20. The fourth-order valence-electron chi connectivity index (χ4n) is 7.21. The van der Waals surface area contributed by atoms with Crippen molar-refractivity contribution in [3.05, 3.63) is 145 Å². The van der Waals surface area contributed by atoms with Crippen molar-refractivity contribution in [2.75, 3.05) is 0 Å². The third-order valence-electron chi connectivity index (χ3n) is 9.44. The molecule has 5 heteroatoms. The number of aryl methyl sites for hydroxylation is 2. The molecule has 3 aromatic heterocycles. The lowest BCUT2D eigenvalue weighted by Gasteiger charge is -2.14. The molecule has 220 valence electrons. The van der Waals surface area contributed by atoms with Gasteiger partial charge in [-0.25, -0.2) is 15.0 Å². The summed E-state index contributed by atoms with van der Waals surface area (Å²) in [5.41, 5.74) is 7.80. The van der Waals surface area contributed by atoms with Gasteiger partial charge < -0.3 is 4.42 Å². The summed E-state index contributed by atoms with van der Waals surface area (Å²) in [4.78, 5) is 20.0. The number of hydrogen-bond donors (Lipinski definition) is 0. The summed E-state index contributed by atoms with van der Waals surface area (Å²) in [6.45, 7) is 0. The molecule has 0 bridgehead atoms. The first-order valence-electron chi connectivity index (χ1n) is 15.9. The van der Waals surface area contributed by atoms with Gasteiger partial charge >= 0.3 is 0 Å². The van der Waals surface area contributed by atoms with E-state index in [9.17, 15) is 0 Å². The molecule has 47 heavy (non-hydrogen) atoms. The zero-order valence-electron chi connectivity index (χ0n) is 25.3. The van der Waals surface area contributed by atoms with Crippen LogP contribution in [0.1, 0.15) is 11.3 Å². The number of aromatic nitrogens is 4. The SMILES string of the molecule is c1ccc(-c2nc(-c3ccc4c(ccc5ccc6ccccc6c54)c3)nc(-c3ccnc4c5c(oc34)CCc3ccccc3-5)n2)cc1. The molecule has 5 nitrogen and oxygen atoms in total. The maximum Gasteiger partial charge on any atom is 0.167 e. The van der Waals surface area contributed by atoms with Gasteiger partial charge in [0.25, 0.3) is 0 Å². The zero-order chi connectivity index (χ0) is 30.9.